The lowest BCUT2D eigenvalue weighted by Crippen LogP contribution is -2.41. The Kier molecular flexibility index (Phi) is 8.20. The lowest BCUT2D eigenvalue weighted by molar-refractivity contribution is -0.236. The predicted molar refractivity (Wildman–Crippen MR) is 117 cm³/mol. The Morgan fingerprint density at radius 2 is 1.47 bits per heavy atom. The van der Waals surface area contributed by atoms with E-state index in [2.05, 4.69) is 0 Å². The molecule has 0 radical (unpaired) electrons. The number of ether oxygens (including phenoxy) is 3. The van der Waals surface area contributed by atoms with Crippen molar-refractivity contribution < 1.29 is 18.6 Å². The number of hydrogen-bond acceptors (Lipinski definition) is 3. The first-order valence-corrected chi connectivity index (χ1v) is 12.2. The van der Waals surface area contributed by atoms with Crippen molar-refractivity contribution in [2.45, 2.75) is 76.4 Å². The van der Waals surface area contributed by atoms with E-state index in [1.165, 1.54) is 44.1 Å². The van der Waals surface area contributed by atoms with Gasteiger partial charge in [0.1, 0.15) is 5.82 Å². The molecular weight excluding hydrogens is 379 g/mol. The van der Waals surface area contributed by atoms with Crippen LogP contribution in [0.4, 0.5) is 4.39 Å². The van der Waals surface area contributed by atoms with Gasteiger partial charge in [0.2, 0.25) is 0 Å². The van der Waals surface area contributed by atoms with Crippen molar-refractivity contribution in [3.63, 3.8) is 0 Å². The standard InChI is InChI=1S/C26H39FO3/c1-28-16-2-3-19-4-6-22(7-5-19)24-17-29-26(30-18-24)23-10-8-20(9-11-23)21-12-14-25(27)15-13-21/h12-15,19-20,22-24,26H,2-11,16-18H2,1H3/t19-,20-,22-,23-,24-,26-. The first-order valence-electron chi connectivity index (χ1n) is 12.2. The van der Waals surface area contributed by atoms with E-state index in [4.69, 9.17) is 14.2 Å². The van der Waals surface area contributed by atoms with Gasteiger partial charge >= 0.3 is 0 Å². The van der Waals surface area contributed by atoms with Crippen molar-refractivity contribution in [1.29, 1.82) is 0 Å². The lowest BCUT2D eigenvalue weighted by atomic mass is 9.74. The highest BCUT2D eigenvalue weighted by Crippen LogP contribution is 2.41. The monoisotopic (exact) mass is 418 g/mol. The van der Waals surface area contributed by atoms with Crippen molar-refractivity contribution in [1.82, 2.24) is 0 Å². The molecule has 1 aromatic rings. The Morgan fingerprint density at radius 3 is 2.10 bits per heavy atom. The van der Waals surface area contributed by atoms with Gasteiger partial charge in [-0.2, -0.15) is 0 Å². The number of hydrogen-bond donors (Lipinski definition) is 0. The smallest absolute Gasteiger partial charge is 0.160 e. The first-order chi connectivity index (χ1) is 14.7. The summed E-state index contributed by atoms with van der Waals surface area (Å²) < 4.78 is 30.9. The molecule has 3 fully saturated rings. The Morgan fingerprint density at radius 1 is 0.833 bits per heavy atom. The maximum absolute atomic E-state index is 13.2. The summed E-state index contributed by atoms with van der Waals surface area (Å²) in [7, 11) is 1.80. The summed E-state index contributed by atoms with van der Waals surface area (Å²) in [6, 6.07) is 7.07. The van der Waals surface area contributed by atoms with Gasteiger partial charge in [-0.15, -0.1) is 0 Å². The van der Waals surface area contributed by atoms with E-state index in [-0.39, 0.29) is 12.1 Å². The highest BCUT2D eigenvalue weighted by molar-refractivity contribution is 5.20. The summed E-state index contributed by atoms with van der Waals surface area (Å²) in [4.78, 5) is 0. The van der Waals surface area contributed by atoms with E-state index >= 15 is 0 Å². The lowest BCUT2D eigenvalue weighted by Gasteiger charge is -2.41. The van der Waals surface area contributed by atoms with Gasteiger partial charge in [-0.25, -0.2) is 4.39 Å². The van der Waals surface area contributed by atoms with Crippen LogP contribution in [0.3, 0.4) is 0 Å². The molecule has 0 N–H and O–H groups in total. The van der Waals surface area contributed by atoms with E-state index in [0.717, 1.165) is 57.3 Å². The summed E-state index contributed by atoms with van der Waals surface area (Å²) in [5.74, 6) is 3.17. The van der Waals surface area contributed by atoms with Crippen LogP contribution >= 0.6 is 0 Å². The van der Waals surface area contributed by atoms with Crippen molar-refractivity contribution in [3.8, 4) is 0 Å². The zero-order valence-electron chi connectivity index (χ0n) is 18.6. The molecular formula is C26H39FO3. The summed E-state index contributed by atoms with van der Waals surface area (Å²) >= 11 is 0. The van der Waals surface area contributed by atoms with Gasteiger partial charge in [0.25, 0.3) is 0 Å². The first kappa shape index (κ1) is 22.2. The molecule has 1 heterocycles. The van der Waals surface area contributed by atoms with Gasteiger partial charge in [-0.05, 0) is 86.8 Å². The third-order valence-electron chi connectivity index (χ3n) is 7.97. The zero-order chi connectivity index (χ0) is 20.8. The quantitative estimate of drug-likeness (QED) is 0.485. The highest BCUT2D eigenvalue weighted by atomic mass is 19.1. The SMILES string of the molecule is COCCC[C@H]1CC[C@H]([C@H]2CO[C@H]([C@H]3CC[C@H](c4ccc(F)cc4)CC3)OC2)CC1. The molecule has 3 aliphatic rings. The number of halogens is 1. The molecule has 0 bridgehead atoms. The second-order valence-electron chi connectivity index (χ2n) is 9.87. The topological polar surface area (TPSA) is 27.7 Å². The van der Waals surface area contributed by atoms with Crippen molar-refractivity contribution >= 4 is 0 Å². The molecule has 1 aliphatic heterocycles. The Labute approximate surface area is 181 Å². The molecule has 1 saturated heterocycles. The Balaban J connectivity index is 1.15. The van der Waals surface area contributed by atoms with Crippen LogP contribution in [-0.4, -0.2) is 33.2 Å². The van der Waals surface area contributed by atoms with Crippen LogP contribution in [0.5, 0.6) is 0 Å². The van der Waals surface area contributed by atoms with Crippen LogP contribution in [0, 0.1) is 29.5 Å². The molecule has 4 rings (SSSR count). The molecule has 1 aromatic carbocycles. The van der Waals surface area contributed by atoms with Crippen molar-refractivity contribution in [3.05, 3.63) is 35.6 Å². The molecule has 168 valence electrons. The third kappa shape index (κ3) is 5.83. The molecule has 0 aromatic heterocycles. The molecule has 0 atom stereocenters. The molecule has 0 unspecified atom stereocenters. The fourth-order valence-electron chi connectivity index (χ4n) is 6.00. The molecule has 30 heavy (non-hydrogen) atoms. The van der Waals surface area contributed by atoms with Gasteiger partial charge in [0.05, 0.1) is 13.2 Å². The maximum Gasteiger partial charge on any atom is 0.160 e. The van der Waals surface area contributed by atoms with E-state index in [0.29, 0.717) is 17.8 Å². The fourth-order valence-corrected chi connectivity index (χ4v) is 6.00. The normalized spacial score (nSPS) is 35.3. The summed E-state index contributed by atoms with van der Waals surface area (Å²) in [5, 5.41) is 0. The van der Waals surface area contributed by atoms with Gasteiger partial charge in [0.15, 0.2) is 6.29 Å². The Bertz CT molecular complexity index is 610. The number of rotatable bonds is 7. The minimum Gasteiger partial charge on any atom is -0.385 e. The zero-order valence-corrected chi connectivity index (χ0v) is 18.6. The third-order valence-corrected chi connectivity index (χ3v) is 7.97. The predicted octanol–water partition coefficient (Wildman–Crippen LogP) is 6.32. The van der Waals surface area contributed by atoms with E-state index < -0.39 is 0 Å². The van der Waals surface area contributed by atoms with Crippen LogP contribution < -0.4 is 0 Å². The average molecular weight is 419 g/mol. The molecule has 4 heteroatoms. The van der Waals surface area contributed by atoms with Crippen LogP contribution in [-0.2, 0) is 14.2 Å². The van der Waals surface area contributed by atoms with Crippen LogP contribution in [0.25, 0.3) is 0 Å². The van der Waals surface area contributed by atoms with Gasteiger partial charge in [0, 0.05) is 25.6 Å². The minimum absolute atomic E-state index is 0.0131. The second kappa shape index (κ2) is 11.1. The van der Waals surface area contributed by atoms with Crippen LogP contribution in [0.15, 0.2) is 24.3 Å². The van der Waals surface area contributed by atoms with Gasteiger partial charge in [-0.1, -0.05) is 25.0 Å². The molecule has 2 saturated carbocycles. The van der Waals surface area contributed by atoms with Crippen molar-refractivity contribution in [2.24, 2.45) is 23.7 Å². The fraction of sp³-hybridized carbons (Fsp3) is 0.769. The molecule has 3 nitrogen and oxygen atoms in total. The molecule has 2 aliphatic carbocycles. The molecule has 0 amide bonds. The number of methoxy groups -OCH3 is 1. The van der Waals surface area contributed by atoms with Gasteiger partial charge in [-0.3, -0.25) is 0 Å². The minimum atomic E-state index is -0.148. The van der Waals surface area contributed by atoms with Crippen LogP contribution in [0.2, 0.25) is 0 Å². The summed E-state index contributed by atoms with van der Waals surface area (Å²) in [6.45, 7) is 2.65. The van der Waals surface area contributed by atoms with E-state index in [9.17, 15) is 4.39 Å². The average Bonchev–Trinajstić information content (AvgIpc) is 2.81. The van der Waals surface area contributed by atoms with Gasteiger partial charge < -0.3 is 14.2 Å². The maximum atomic E-state index is 13.2. The molecule has 0 spiro atoms. The number of benzene rings is 1. The largest absolute Gasteiger partial charge is 0.385 e. The van der Waals surface area contributed by atoms with Crippen LogP contribution in [0.1, 0.15) is 75.7 Å². The van der Waals surface area contributed by atoms with Crippen molar-refractivity contribution in [2.75, 3.05) is 26.9 Å². The summed E-state index contributed by atoms with van der Waals surface area (Å²) in [5.41, 5.74) is 1.28. The Hall–Kier alpha value is -0.970. The summed E-state index contributed by atoms with van der Waals surface area (Å²) in [6.07, 6.45) is 12.5. The van der Waals surface area contributed by atoms with E-state index in [1.54, 1.807) is 19.2 Å². The second-order valence-corrected chi connectivity index (χ2v) is 9.87. The highest BCUT2D eigenvalue weighted by Gasteiger charge is 2.36. The van der Waals surface area contributed by atoms with E-state index in [1.807, 2.05) is 12.1 Å².